The number of nitrogens with one attached hydrogen (secondary N) is 1. The third-order valence-corrected chi connectivity index (χ3v) is 4.44. The second kappa shape index (κ2) is 5.89. The molecule has 0 saturated carbocycles. The third kappa shape index (κ3) is 2.83. The molecule has 2 heterocycles. The number of carbonyl (C=O) groups excluding carboxylic acids is 1. The summed E-state index contributed by atoms with van der Waals surface area (Å²) in [4.78, 5) is 14.2. The van der Waals surface area contributed by atoms with E-state index in [1.165, 1.54) is 0 Å². The Kier molecular flexibility index (Phi) is 3.98. The Morgan fingerprint density at radius 1 is 1.25 bits per heavy atom. The first-order valence-corrected chi connectivity index (χ1v) is 7.96. The minimum absolute atomic E-state index is 0.0259. The number of carbonyl (C=O) groups is 1. The fraction of sp³-hybridized carbons (Fsp3) is 0.286. The van der Waals surface area contributed by atoms with Gasteiger partial charge in [-0.25, -0.2) is 0 Å². The van der Waals surface area contributed by atoms with Gasteiger partial charge in [0.05, 0.1) is 5.69 Å². The highest BCUT2D eigenvalue weighted by Gasteiger charge is 2.20. The van der Waals surface area contributed by atoms with Crippen molar-refractivity contribution in [2.24, 2.45) is 0 Å². The molecule has 0 unspecified atom stereocenters. The Hall–Kier alpha value is -1.46. The van der Waals surface area contributed by atoms with E-state index in [0.29, 0.717) is 10.7 Å². The second-order valence-electron chi connectivity index (χ2n) is 4.58. The molecule has 1 aromatic heterocycles. The fourth-order valence-corrected chi connectivity index (χ4v) is 3.17. The Bertz CT molecular complexity index is 605. The van der Waals surface area contributed by atoms with Crippen molar-refractivity contribution >= 4 is 29.3 Å². The van der Waals surface area contributed by atoms with Gasteiger partial charge in [-0.2, -0.15) is 16.9 Å². The van der Waals surface area contributed by atoms with Crippen LogP contribution < -0.4 is 0 Å². The summed E-state index contributed by atoms with van der Waals surface area (Å²) < 4.78 is 0. The van der Waals surface area contributed by atoms with Gasteiger partial charge >= 0.3 is 0 Å². The number of aromatic nitrogens is 2. The van der Waals surface area contributed by atoms with Gasteiger partial charge in [-0.05, 0) is 18.2 Å². The van der Waals surface area contributed by atoms with Crippen molar-refractivity contribution in [1.29, 1.82) is 0 Å². The number of thioether (sulfide) groups is 1. The number of hydrogen-bond donors (Lipinski definition) is 1. The van der Waals surface area contributed by atoms with Crippen molar-refractivity contribution in [3.8, 4) is 11.3 Å². The summed E-state index contributed by atoms with van der Waals surface area (Å²) in [5.41, 5.74) is 2.25. The van der Waals surface area contributed by atoms with Crippen molar-refractivity contribution in [3.05, 3.63) is 41.0 Å². The zero-order chi connectivity index (χ0) is 13.9. The predicted octanol–water partition coefficient (Wildman–Crippen LogP) is 2.92. The van der Waals surface area contributed by atoms with Crippen LogP contribution in [0.15, 0.2) is 30.3 Å². The molecular formula is C14H14ClN3OS. The molecular weight excluding hydrogens is 294 g/mol. The Labute approximate surface area is 126 Å². The van der Waals surface area contributed by atoms with Crippen LogP contribution in [0.2, 0.25) is 5.02 Å². The molecule has 0 spiro atoms. The quantitative estimate of drug-likeness (QED) is 0.928. The van der Waals surface area contributed by atoms with Gasteiger partial charge in [0, 0.05) is 35.2 Å². The molecule has 0 aliphatic carbocycles. The molecule has 1 aliphatic heterocycles. The lowest BCUT2D eigenvalue weighted by molar-refractivity contribution is 0.0766. The van der Waals surface area contributed by atoms with Gasteiger partial charge in [0.2, 0.25) is 0 Å². The Balaban J connectivity index is 1.79. The summed E-state index contributed by atoms with van der Waals surface area (Å²) in [6.07, 6.45) is 0. The van der Waals surface area contributed by atoms with Gasteiger partial charge in [0.25, 0.3) is 5.91 Å². The average molecular weight is 308 g/mol. The highest BCUT2D eigenvalue weighted by molar-refractivity contribution is 7.99. The van der Waals surface area contributed by atoms with Crippen LogP contribution in [0.25, 0.3) is 11.3 Å². The van der Waals surface area contributed by atoms with Gasteiger partial charge < -0.3 is 4.90 Å². The number of H-pyrrole nitrogens is 1. The van der Waals surface area contributed by atoms with Gasteiger partial charge in [0.1, 0.15) is 5.69 Å². The summed E-state index contributed by atoms with van der Waals surface area (Å²) in [6, 6.07) is 9.21. The van der Waals surface area contributed by atoms with E-state index >= 15 is 0 Å². The standard InChI is InChI=1S/C14H14ClN3OS/c15-11-3-1-10(2-4-11)12-9-13(17-16-12)14(19)18-5-7-20-8-6-18/h1-4,9H,5-8H2,(H,16,17). The monoisotopic (exact) mass is 307 g/mol. The third-order valence-electron chi connectivity index (χ3n) is 3.25. The number of rotatable bonds is 2. The lowest BCUT2D eigenvalue weighted by Gasteiger charge is -2.25. The van der Waals surface area contributed by atoms with Crippen molar-refractivity contribution in [3.63, 3.8) is 0 Å². The molecule has 6 heteroatoms. The first-order valence-electron chi connectivity index (χ1n) is 6.42. The predicted molar refractivity (Wildman–Crippen MR) is 82.3 cm³/mol. The molecule has 1 N–H and O–H groups in total. The van der Waals surface area contributed by atoms with E-state index in [1.54, 1.807) is 6.07 Å². The normalized spacial score (nSPS) is 15.3. The van der Waals surface area contributed by atoms with Crippen molar-refractivity contribution in [1.82, 2.24) is 15.1 Å². The van der Waals surface area contributed by atoms with E-state index in [9.17, 15) is 4.79 Å². The molecule has 2 aromatic rings. The van der Waals surface area contributed by atoms with E-state index in [0.717, 1.165) is 35.9 Å². The summed E-state index contributed by atoms with van der Waals surface area (Å²) in [7, 11) is 0. The van der Waals surface area contributed by atoms with Crippen LogP contribution in [0.4, 0.5) is 0 Å². The van der Waals surface area contributed by atoms with E-state index in [1.807, 2.05) is 40.9 Å². The maximum absolute atomic E-state index is 12.3. The van der Waals surface area contributed by atoms with Crippen molar-refractivity contribution < 1.29 is 4.79 Å². The lowest BCUT2D eigenvalue weighted by Crippen LogP contribution is -2.38. The molecule has 104 valence electrons. The van der Waals surface area contributed by atoms with Crippen LogP contribution in [-0.4, -0.2) is 45.6 Å². The number of halogens is 1. The zero-order valence-electron chi connectivity index (χ0n) is 10.8. The zero-order valence-corrected chi connectivity index (χ0v) is 12.4. The molecule has 1 amide bonds. The van der Waals surface area contributed by atoms with Gasteiger partial charge in [0.15, 0.2) is 0 Å². The van der Waals surface area contributed by atoms with E-state index < -0.39 is 0 Å². The molecule has 1 aliphatic rings. The maximum Gasteiger partial charge on any atom is 0.271 e. The number of amides is 1. The first kappa shape index (κ1) is 13.5. The number of hydrogen-bond acceptors (Lipinski definition) is 3. The van der Waals surface area contributed by atoms with Crippen molar-refractivity contribution in [2.75, 3.05) is 24.6 Å². The lowest BCUT2D eigenvalue weighted by atomic mass is 10.1. The largest absolute Gasteiger partial charge is 0.336 e. The molecule has 0 radical (unpaired) electrons. The summed E-state index contributed by atoms with van der Waals surface area (Å²) in [5, 5.41) is 7.73. The topological polar surface area (TPSA) is 49.0 Å². The Morgan fingerprint density at radius 3 is 2.65 bits per heavy atom. The minimum Gasteiger partial charge on any atom is -0.336 e. The maximum atomic E-state index is 12.3. The summed E-state index contributed by atoms with van der Waals surface area (Å²) >= 11 is 7.75. The van der Waals surface area contributed by atoms with Gasteiger partial charge in [-0.3, -0.25) is 9.89 Å². The Morgan fingerprint density at radius 2 is 1.95 bits per heavy atom. The first-order chi connectivity index (χ1) is 9.74. The van der Waals surface area contributed by atoms with Crippen LogP contribution in [0.5, 0.6) is 0 Å². The van der Waals surface area contributed by atoms with Crippen LogP contribution in [0.3, 0.4) is 0 Å². The van der Waals surface area contributed by atoms with Crippen LogP contribution in [0, 0.1) is 0 Å². The van der Waals surface area contributed by atoms with Crippen LogP contribution >= 0.6 is 23.4 Å². The van der Waals surface area contributed by atoms with Gasteiger partial charge in [-0.15, -0.1) is 0 Å². The molecule has 20 heavy (non-hydrogen) atoms. The van der Waals surface area contributed by atoms with E-state index in [2.05, 4.69) is 10.2 Å². The second-order valence-corrected chi connectivity index (χ2v) is 6.24. The van der Waals surface area contributed by atoms with Crippen LogP contribution in [-0.2, 0) is 0 Å². The van der Waals surface area contributed by atoms with E-state index in [4.69, 9.17) is 11.6 Å². The smallest absolute Gasteiger partial charge is 0.271 e. The average Bonchev–Trinajstić information content (AvgIpc) is 2.98. The van der Waals surface area contributed by atoms with E-state index in [-0.39, 0.29) is 5.91 Å². The molecule has 4 nitrogen and oxygen atoms in total. The minimum atomic E-state index is 0.0259. The number of aromatic amines is 1. The summed E-state index contributed by atoms with van der Waals surface area (Å²) in [5.74, 6) is 2.03. The van der Waals surface area contributed by atoms with Gasteiger partial charge in [-0.1, -0.05) is 23.7 Å². The highest BCUT2D eigenvalue weighted by Crippen LogP contribution is 2.21. The number of nitrogens with zero attached hydrogens (tertiary/aromatic N) is 2. The SMILES string of the molecule is O=C(c1cc(-c2ccc(Cl)cc2)n[nH]1)N1CCSCC1. The van der Waals surface area contributed by atoms with Crippen LogP contribution in [0.1, 0.15) is 10.5 Å². The van der Waals surface area contributed by atoms with Crippen molar-refractivity contribution in [2.45, 2.75) is 0 Å². The highest BCUT2D eigenvalue weighted by atomic mass is 35.5. The molecule has 1 fully saturated rings. The molecule has 0 bridgehead atoms. The molecule has 3 rings (SSSR count). The molecule has 0 atom stereocenters. The molecule has 1 aromatic carbocycles. The number of benzene rings is 1. The summed E-state index contributed by atoms with van der Waals surface area (Å²) in [6.45, 7) is 1.61. The fourth-order valence-electron chi connectivity index (χ4n) is 2.14. The molecule has 1 saturated heterocycles.